The Labute approximate surface area is 114 Å². The number of hydrogen-bond donors (Lipinski definition) is 0. The second-order valence-corrected chi connectivity index (χ2v) is 4.82. The Hall–Kier alpha value is -1.65. The maximum absolute atomic E-state index is 10.6. The van der Waals surface area contributed by atoms with Crippen LogP contribution in [0.1, 0.15) is 46.5 Å². The van der Waals surface area contributed by atoms with Crippen molar-refractivity contribution in [2.24, 2.45) is 0 Å². The molecule has 0 aliphatic carbocycles. The molecule has 0 fully saturated rings. The summed E-state index contributed by atoms with van der Waals surface area (Å²) in [4.78, 5) is 16.7. The zero-order valence-corrected chi connectivity index (χ0v) is 12.0. The molecule has 0 spiro atoms. The van der Waals surface area contributed by atoms with Gasteiger partial charge >= 0.3 is 0 Å². The average molecular weight is 265 g/mol. The number of anilines is 1. The van der Waals surface area contributed by atoms with Crippen molar-refractivity contribution in [2.75, 3.05) is 11.4 Å². The maximum Gasteiger partial charge on any atom is 0.287 e. The van der Waals surface area contributed by atoms with Gasteiger partial charge in [0.1, 0.15) is 12.0 Å². The molecule has 1 aromatic rings. The molecule has 5 nitrogen and oxygen atoms in total. The third-order valence-electron chi connectivity index (χ3n) is 3.23. The molecule has 1 unspecified atom stereocenters. The lowest BCUT2D eigenvalue weighted by atomic mass is 10.1. The molecule has 0 N–H and O–H groups in total. The smallest absolute Gasteiger partial charge is 0.287 e. The van der Waals surface area contributed by atoms with E-state index in [1.54, 1.807) is 6.07 Å². The summed E-state index contributed by atoms with van der Waals surface area (Å²) in [5.41, 5.74) is 0.0438. The molecule has 0 aromatic carbocycles. The molecule has 1 rings (SSSR count). The van der Waals surface area contributed by atoms with Gasteiger partial charge in [-0.15, -0.1) is 0 Å². The Morgan fingerprint density at radius 1 is 1.37 bits per heavy atom. The van der Waals surface area contributed by atoms with Gasteiger partial charge in [-0.1, -0.05) is 26.7 Å². The maximum atomic E-state index is 10.6. The molecule has 1 atom stereocenters. The molecule has 0 amide bonds. The Kier molecular flexibility index (Phi) is 6.25. The number of nitrogens with zero attached hydrogens (tertiary/aromatic N) is 3. The van der Waals surface area contributed by atoms with E-state index in [2.05, 4.69) is 30.7 Å². The van der Waals surface area contributed by atoms with Crippen LogP contribution < -0.4 is 4.90 Å². The number of aromatic nitrogens is 1. The van der Waals surface area contributed by atoms with Crippen LogP contribution in [0.5, 0.6) is 0 Å². The minimum atomic E-state index is -0.414. The fourth-order valence-corrected chi connectivity index (χ4v) is 2.12. The molecule has 1 heterocycles. The molecule has 0 radical (unpaired) electrons. The summed E-state index contributed by atoms with van der Waals surface area (Å²) < 4.78 is 0. The fraction of sp³-hybridized carbons (Fsp3) is 0.643. The highest BCUT2D eigenvalue weighted by Gasteiger charge is 2.15. The lowest BCUT2D eigenvalue weighted by Gasteiger charge is -2.30. The molecule has 0 aliphatic rings. The van der Waals surface area contributed by atoms with E-state index in [9.17, 15) is 10.1 Å². The third kappa shape index (κ3) is 4.50. The van der Waals surface area contributed by atoms with Gasteiger partial charge < -0.3 is 4.90 Å². The largest absolute Gasteiger partial charge is 0.354 e. The molecule has 5 heteroatoms. The van der Waals surface area contributed by atoms with Crippen LogP contribution in [-0.4, -0.2) is 22.5 Å². The minimum Gasteiger partial charge on any atom is -0.354 e. The van der Waals surface area contributed by atoms with Crippen molar-refractivity contribution >= 4 is 11.5 Å². The molecule has 0 aliphatic heterocycles. The highest BCUT2D eigenvalue weighted by atomic mass is 16.6. The predicted molar refractivity (Wildman–Crippen MR) is 77.5 cm³/mol. The average Bonchev–Trinajstić information content (AvgIpc) is 2.40. The zero-order valence-electron chi connectivity index (χ0n) is 12.0. The minimum absolute atomic E-state index is 0.0438. The monoisotopic (exact) mass is 265 g/mol. The molecule has 106 valence electrons. The summed E-state index contributed by atoms with van der Waals surface area (Å²) >= 11 is 0. The molecule has 0 bridgehead atoms. The van der Waals surface area contributed by atoms with Gasteiger partial charge in [0.25, 0.3) is 5.69 Å². The number of hydrogen-bond acceptors (Lipinski definition) is 4. The summed E-state index contributed by atoms with van der Waals surface area (Å²) in [6.45, 7) is 7.45. The second kappa shape index (κ2) is 7.71. The van der Waals surface area contributed by atoms with E-state index in [0.717, 1.165) is 38.0 Å². The van der Waals surface area contributed by atoms with Crippen LogP contribution in [0.3, 0.4) is 0 Å². The lowest BCUT2D eigenvalue weighted by molar-refractivity contribution is -0.385. The van der Waals surface area contributed by atoms with Crippen LogP contribution in [0.15, 0.2) is 18.3 Å². The van der Waals surface area contributed by atoms with Crippen LogP contribution in [-0.2, 0) is 0 Å². The Bertz CT molecular complexity index is 392. The van der Waals surface area contributed by atoms with Gasteiger partial charge in [-0.05, 0) is 25.8 Å². The van der Waals surface area contributed by atoms with Crippen molar-refractivity contribution in [1.29, 1.82) is 0 Å². The van der Waals surface area contributed by atoms with Crippen LogP contribution in [0, 0.1) is 10.1 Å². The second-order valence-electron chi connectivity index (χ2n) is 4.82. The Morgan fingerprint density at radius 3 is 2.58 bits per heavy atom. The normalized spacial score (nSPS) is 12.2. The molecular weight excluding hydrogens is 242 g/mol. The zero-order chi connectivity index (χ0) is 14.3. The number of nitro groups is 1. The summed E-state index contributed by atoms with van der Waals surface area (Å²) in [5, 5.41) is 10.6. The standard InChI is InChI=1S/C14H23N3O2/c1-4-6-10-16(12(3)7-5-2)14-9-8-13(11-15-14)17(18)19/h8-9,11-12H,4-7,10H2,1-3H3. The van der Waals surface area contributed by atoms with E-state index in [1.165, 1.54) is 12.3 Å². The fourth-order valence-electron chi connectivity index (χ4n) is 2.12. The van der Waals surface area contributed by atoms with Crippen LogP contribution >= 0.6 is 0 Å². The first-order chi connectivity index (χ1) is 9.10. The number of rotatable bonds is 8. The van der Waals surface area contributed by atoms with Gasteiger partial charge in [0.15, 0.2) is 0 Å². The van der Waals surface area contributed by atoms with Gasteiger partial charge in [-0.3, -0.25) is 10.1 Å². The molecular formula is C14H23N3O2. The van der Waals surface area contributed by atoms with Crippen LogP contribution in [0.4, 0.5) is 11.5 Å². The van der Waals surface area contributed by atoms with Gasteiger partial charge in [-0.25, -0.2) is 4.98 Å². The molecule has 1 aromatic heterocycles. The summed E-state index contributed by atoms with van der Waals surface area (Å²) in [6.07, 6.45) is 5.79. The highest BCUT2D eigenvalue weighted by molar-refractivity contribution is 5.43. The number of pyridine rings is 1. The summed E-state index contributed by atoms with van der Waals surface area (Å²) in [7, 11) is 0. The topological polar surface area (TPSA) is 59.3 Å². The third-order valence-corrected chi connectivity index (χ3v) is 3.23. The van der Waals surface area contributed by atoms with Gasteiger partial charge in [0.2, 0.25) is 0 Å². The van der Waals surface area contributed by atoms with E-state index in [1.807, 2.05) is 0 Å². The Balaban J connectivity index is 2.86. The first-order valence-electron chi connectivity index (χ1n) is 6.97. The van der Waals surface area contributed by atoms with E-state index in [0.29, 0.717) is 6.04 Å². The van der Waals surface area contributed by atoms with E-state index >= 15 is 0 Å². The van der Waals surface area contributed by atoms with Crippen molar-refractivity contribution in [3.05, 3.63) is 28.4 Å². The predicted octanol–water partition coefficient (Wildman–Crippen LogP) is 3.78. The van der Waals surface area contributed by atoms with Gasteiger partial charge in [-0.2, -0.15) is 0 Å². The summed E-state index contributed by atoms with van der Waals surface area (Å²) in [5.74, 6) is 0.833. The lowest BCUT2D eigenvalue weighted by Crippen LogP contribution is -2.34. The van der Waals surface area contributed by atoms with E-state index in [4.69, 9.17) is 0 Å². The van der Waals surface area contributed by atoms with Crippen molar-refractivity contribution in [1.82, 2.24) is 4.98 Å². The van der Waals surface area contributed by atoms with Crippen LogP contribution in [0.25, 0.3) is 0 Å². The van der Waals surface area contributed by atoms with Crippen molar-refractivity contribution in [2.45, 2.75) is 52.5 Å². The van der Waals surface area contributed by atoms with Gasteiger partial charge in [0.05, 0.1) is 4.92 Å². The first-order valence-corrected chi connectivity index (χ1v) is 6.97. The molecule has 19 heavy (non-hydrogen) atoms. The first kappa shape index (κ1) is 15.4. The summed E-state index contributed by atoms with van der Waals surface area (Å²) in [6, 6.07) is 3.69. The van der Waals surface area contributed by atoms with Crippen LogP contribution in [0.2, 0.25) is 0 Å². The van der Waals surface area contributed by atoms with E-state index in [-0.39, 0.29) is 5.69 Å². The molecule has 0 saturated heterocycles. The van der Waals surface area contributed by atoms with E-state index < -0.39 is 4.92 Å². The molecule has 0 saturated carbocycles. The Morgan fingerprint density at radius 2 is 2.11 bits per heavy atom. The van der Waals surface area contributed by atoms with Gasteiger partial charge in [0, 0.05) is 18.7 Å². The number of unbranched alkanes of at least 4 members (excludes halogenated alkanes) is 1. The van der Waals surface area contributed by atoms with Crippen molar-refractivity contribution in [3.8, 4) is 0 Å². The van der Waals surface area contributed by atoms with Crippen molar-refractivity contribution in [3.63, 3.8) is 0 Å². The van der Waals surface area contributed by atoms with Crippen molar-refractivity contribution < 1.29 is 4.92 Å². The SMILES string of the molecule is CCCCN(c1ccc([N+](=O)[O-])cn1)C(C)CCC. The highest BCUT2D eigenvalue weighted by Crippen LogP contribution is 2.20. The quantitative estimate of drug-likeness (QED) is 0.530.